The number of hydrogen-bond donors (Lipinski definition) is 1. The lowest BCUT2D eigenvalue weighted by molar-refractivity contribution is 0.657. The molecule has 0 aliphatic carbocycles. The number of aromatic amines is 1. The van der Waals surface area contributed by atoms with E-state index in [1.807, 2.05) is 0 Å². The molecule has 4 heteroatoms. The van der Waals surface area contributed by atoms with Crippen molar-refractivity contribution < 1.29 is 0 Å². The topological polar surface area (TPSA) is 28.7 Å². The van der Waals surface area contributed by atoms with Crippen LogP contribution >= 0.6 is 28.1 Å². The van der Waals surface area contributed by atoms with Crippen LogP contribution in [0.2, 0.25) is 0 Å². The van der Waals surface area contributed by atoms with Gasteiger partial charge >= 0.3 is 0 Å². The molecule has 0 saturated heterocycles. The standard InChI is InChI=1S/C11H17BrN2S/c1-5-7(4)10-13-9(6(2)3)8(12)11(15)14-10/h6-7H,5H2,1-4H3,(H,13,14,15). The summed E-state index contributed by atoms with van der Waals surface area (Å²) < 4.78 is 1.59. The number of nitrogens with zero attached hydrogens (tertiary/aromatic N) is 1. The van der Waals surface area contributed by atoms with Gasteiger partial charge in [0.1, 0.15) is 10.5 Å². The summed E-state index contributed by atoms with van der Waals surface area (Å²) in [5, 5.41) is 0. The number of nitrogens with one attached hydrogen (secondary N) is 1. The second-order valence-electron chi connectivity index (χ2n) is 4.12. The minimum atomic E-state index is 0.423. The van der Waals surface area contributed by atoms with E-state index in [-0.39, 0.29) is 0 Å². The minimum Gasteiger partial charge on any atom is -0.346 e. The van der Waals surface area contributed by atoms with E-state index in [1.165, 1.54) is 0 Å². The van der Waals surface area contributed by atoms with Gasteiger partial charge < -0.3 is 4.98 Å². The predicted molar refractivity (Wildman–Crippen MR) is 69.9 cm³/mol. The van der Waals surface area contributed by atoms with Crippen molar-refractivity contribution in [2.75, 3.05) is 0 Å². The molecule has 0 radical (unpaired) electrons. The van der Waals surface area contributed by atoms with E-state index in [2.05, 4.69) is 53.6 Å². The highest BCUT2D eigenvalue weighted by Crippen LogP contribution is 2.25. The molecule has 84 valence electrons. The number of aromatic nitrogens is 2. The molecule has 0 saturated carbocycles. The fourth-order valence-corrected chi connectivity index (χ4v) is 2.17. The lowest BCUT2D eigenvalue weighted by atomic mass is 10.1. The van der Waals surface area contributed by atoms with Crippen molar-refractivity contribution in [3.63, 3.8) is 0 Å². The molecule has 0 spiro atoms. The highest BCUT2D eigenvalue weighted by molar-refractivity contribution is 9.10. The zero-order valence-electron chi connectivity index (χ0n) is 9.60. The van der Waals surface area contributed by atoms with E-state index in [4.69, 9.17) is 12.2 Å². The molecular formula is C11H17BrN2S. The summed E-state index contributed by atoms with van der Waals surface area (Å²) in [5.74, 6) is 1.85. The monoisotopic (exact) mass is 288 g/mol. The Kier molecular flexibility index (Phi) is 4.46. The van der Waals surface area contributed by atoms with E-state index >= 15 is 0 Å². The maximum Gasteiger partial charge on any atom is 0.144 e. The summed E-state index contributed by atoms with van der Waals surface area (Å²) in [6.45, 7) is 8.60. The third-order valence-electron chi connectivity index (χ3n) is 2.57. The molecule has 1 aromatic rings. The normalized spacial score (nSPS) is 13.2. The first-order valence-electron chi connectivity index (χ1n) is 5.27. The molecule has 0 aliphatic rings. The fourth-order valence-electron chi connectivity index (χ4n) is 1.32. The van der Waals surface area contributed by atoms with Crippen molar-refractivity contribution in [1.82, 2.24) is 9.97 Å². The summed E-state index contributed by atoms with van der Waals surface area (Å²) in [6.07, 6.45) is 1.07. The van der Waals surface area contributed by atoms with Crippen LogP contribution in [0.25, 0.3) is 0 Å². The molecule has 1 heterocycles. The lowest BCUT2D eigenvalue weighted by Gasteiger charge is -2.14. The molecule has 2 nitrogen and oxygen atoms in total. The second kappa shape index (κ2) is 5.21. The summed E-state index contributed by atoms with van der Waals surface area (Å²) >= 11 is 8.72. The lowest BCUT2D eigenvalue weighted by Crippen LogP contribution is -2.06. The van der Waals surface area contributed by atoms with Gasteiger partial charge in [-0.05, 0) is 28.3 Å². The molecule has 1 aromatic heterocycles. The van der Waals surface area contributed by atoms with Crippen LogP contribution in [0, 0.1) is 4.64 Å². The van der Waals surface area contributed by atoms with Crippen LogP contribution in [0.1, 0.15) is 57.5 Å². The first-order chi connectivity index (χ1) is 6.97. The Morgan fingerprint density at radius 2 is 2.00 bits per heavy atom. The molecule has 0 fully saturated rings. The van der Waals surface area contributed by atoms with Gasteiger partial charge in [-0.3, -0.25) is 0 Å². The Balaban J connectivity index is 3.29. The molecular weight excluding hydrogens is 272 g/mol. The van der Waals surface area contributed by atoms with Crippen molar-refractivity contribution >= 4 is 28.1 Å². The third kappa shape index (κ3) is 2.88. The molecule has 1 rings (SSSR count). The van der Waals surface area contributed by atoms with Crippen LogP contribution in [-0.2, 0) is 0 Å². The van der Waals surface area contributed by atoms with Crippen molar-refractivity contribution in [2.24, 2.45) is 0 Å². The van der Waals surface area contributed by atoms with Crippen molar-refractivity contribution in [1.29, 1.82) is 0 Å². The second-order valence-corrected chi connectivity index (χ2v) is 5.30. The number of halogens is 1. The van der Waals surface area contributed by atoms with Gasteiger partial charge in [0.15, 0.2) is 0 Å². The third-order valence-corrected chi connectivity index (χ3v) is 3.93. The van der Waals surface area contributed by atoms with Crippen LogP contribution in [0.5, 0.6) is 0 Å². The Labute approximate surface area is 105 Å². The fraction of sp³-hybridized carbons (Fsp3) is 0.636. The van der Waals surface area contributed by atoms with Gasteiger partial charge in [0.25, 0.3) is 0 Å². The van der Waals surface area contributed by atoms with Crippen LogP contribution in [0.4, 0.5) is 0 Å². The first kappa shape index (κ1) is 12.8. The van der Waals surface area contributed by atoms with E-state index in [1.54, 1.807) is 0 Å². The maximum atomic E-state index is 5.24. The summed E-state index contributed by atoms with van der Waals surface area (Å²) in [4.78, 5) is 7.78. The van der Waals surface area contributed by atoms with Gasteiger partial charge in [-0.25, -0.2) is 4.98 Å². The van der Waals surface area contributed by atoms with Crippen LogP contribution in [0.3, 0.4) is 0 Å². The first-order valence-corrected chi connectivity index (χ1v) is 6.47. The Hall–Kier alpha value is -0.220. The molecule has 1 unspecified atom stereocenters. The molecule has 15 heavy (non-hydrogen) atoms. The van der Waals surface area contributed by atoms with Gasteiger partial charge in [0, 0.05) is 11.6 Å². The molecule has 0 bridgehead atoms. The molecule has 1 atom stereocenters. The average Bonchev–Trinajstić information content (AvgIpc) is 2.20. The summed E-state index contributed by atoms with van der Waals surface area (Å²) in [7, 11) is 0. The van der Waals surface area contributed by atoms with Crippen molar-refractivity contribution in [2.45, 2.75) is 46.0 Å². The molecule has 1 N–H and O–H groups in total. The minimum absolute atomic E-state index is 0.423. The van der Waals surface area contributed by atoms with Crippen molar-refractivity contribution in [3.05, 3.63) is 20.6 Å². The Morgan fingerprint density at radius 3 is 2.47 bits per heavy atom. The largest absolute Gasteiger partial charge is 0.346 e. The molecule has 0 aromatic carbocycles. The number of rotatable bonds is 3. The van der Waals surface area contributed by atoms with Gasteiger partial charge in [-0.1, -0.05) is 39.9 Å². The molecule has 0 aliphatic heterocycles. The number of hydrogen-bond acceptors (Lipinski definition) is 2. The van der Waals surface area contributed by atoms with E-state index in [0.29, 0.717) is 16.5 Å². The average molecular weight is 289 g/mol. The van der Waals surface area contributed by atoms with Crippen LogP contribution in [-0.4, -0.2) is 9.97 Å². The zero-order valence-corrected chi connectivity index (χ0v) is 12.0. The van der Waals surface area contributed by atoms with E-state index < -0.39 is 0 Å². The predicted octanol–water partition coefficient (Wildman–Crippen LogP) is 4.54. The Bertz CT molecular complexity index is 398. The van der Waals surface area contributed by atoms with Crippen molar-refractivity contribution in [3.8, 4) is 0 Å². The molecule has 0 amide bonds. The van der Waals surface area contributed by atoms with Crippen LogP contribution < -0.4 is 0 Å². The smallest absolute Gasteiger partial charge is 0.144 e. The van der Waals surface area contributed by atoms with Crippen LogP contribution in [0.15, 0.2) is 4.47 Å². The summed E-state index contributed by atoms with van der Waals surface area (Å²) in [5.41, 5.74) is 1.14. The van der Waals surface area contributed by atoms with Gasteiger partial charge in [-0.15, -0.1) is 0 Å². The summed E-state index contributed by atoms with van der Waals surface area (Å²) in [6, 6.07) is 0. The highest BCUT2D eigenvalue weighted by atomic mass is 79.9. The number of H-pyrrole nitrogens is 1. The Morgan fingerprint density at radius 1 is 1.40 bits per heavy atom. The van der Waals surface area contributed by atoms with E-state index in [0.717, 1.165) is 22.4 Å². The quantitative estimate of drug-likeness (QED) is 0.828. The van der Waals surface area contributed by atoms with Gasteiger partial charge in [-0.2, -0.15) is 0 Å². The van der Waals surface area contributed by atoms with E-state index in [9.17, 15) is 0 Å². The zero-order chi connectivity index (χ0) is 11.6. The highest BCUT2D eigenvalue weighted by Gasteiger charge is 2.12. The maximum absolute atomic E-state index is 5.24. The SMILES string of the molecule is CCC(C)c1nc(=S)c(Br)c(C(C)C)[nH]1. The van der Waals surface area contributed by atoms with Gasteiger partial charge in [0.2, 0.25) is 0 Å². The van der Waals surface area contributed by atoms with Gasteiger partial charge in [0.05, 0.1) is 4.47 Å².